The Morgan fingerprint density at radius 2 is 1.92 bits per heavy atom. The van der Waals surface area contributed by atoms with Crippen LogP contribution in [0, 0.1) is 0 Å². The second kappa shape index (κ2) is 6.37. The number of fused-ring (bicyclic) bond motifs is 1. The fourth-order valence-electron chi connectivity index (χ4n) is 2.53. The van der Waals surface area contributed by atoms with Crippen LogP contribution in [-0.2, 0) is 30.7 Å². The van der Waals surface area contributed by atoms with Gasteiger partial charge in [-0.15, -0.1) is 0 Å². The molecule has 138 valence electrons. The summed E-state index contributed by atoms with van der Waals surface area (Å²) in [7, 11) is -1.13. The maximum atomic E-state index is 12.7. The molecule has 0 saturated heterocycles. The molecule has 2 aromatic heterocycles. The Morgan fingerprint density at radius 3 is 2.54 bits per heavy atom. The summed E-state index contributed by atoms with van der Waals surface area (Å²) >= 11 is 3.18. The molecule has 0 aliphatic rings. The van der Waals surface area contributed by atoms with E-state index in [1.165, 1.54) is 28.3 Å². The molecule has 26 heavy (non-hydrogen) atoms. The molecule has 0 fully saturated rings. The van der Waals surface area contributed by atoms with Crippen molar-refractivity contribution < 1.29 is 17.7 Å². The number of rotatable bonds is 4. The van der Waals surface area contributed by atoms with Crippen molar-refractivity contribution in [3.63, 3.8) is 0 Å². The highest BCUT2D eigenvalue weighted by molar-refractivity contribution is 9.10. The number of aromatic nitrogens is 3. The van der Waals surface area contributed by atoms with Gasteiger partial charge in [0.25, 0.3) is 15.9 Å². The van der Waals surface area contributed by atoms with Crippen molar-refractivity contribution in [2.24, 2.45) is 19.8 Å². The first kappa shape index (κ1) is 18.4. The average molecular weight is 444 g/mol. The number of halogens is 1. The minimum atomic E-state index is -4.23. The number of carbonyl (C=O) groups is 1. The molecule has 1 aromatic carbocycles. The standard InChI is InChI=1S/C14H14BrN5O5S/c1-19-10-3-8(15)12(4-11(10)20(2)14(19)22)26(23,24)18-13(21)7-6-25-17-9(7)5-16/h3-4,6H,5,16H2,1-2H3,(H,18,21). The van der Waals surface area contributed by atoms with Gasteiger partial charge in [-0.25, -0.2) is 17.9 Å². The fourth-order valence-corrected chi connectivity index (χ4v) is 4.55. The molecule has 10 nitrogen and oxygen atoms in total. The van der Waals surface area contributed by atoms with Crippen molar-refractivity contribution in [2.45, 2.75) is 11.4 Å². The smallest absolute Gasteiger partial charge is 0.328 e. The number of nitrogens with two attached hydrogens (primary N) is 1. The van der Waals surface area contributed by atoms with E-state index in [1.54, 1.807) is 7.05 Å². The minimum absolute atomic E-state index is 0.0691. The highest BCUT2D eigenvalue weighted by Gasteiger charge is 2.25. The summed E-state index contributed by atoms with van der Waals surface area (Å²) in [6.45, 7) is -0.0823. The van der Waals surface area contributed by atoms with E-state index >= 15 is 0 Å². The zero-order valence-corrected chi connectivity index (χ0v) is 16.1. The Balaban J connectivity index is 2.07. The lowest BCUT2D eigenvalue weighted by Crippen LogP contribution is -2.31. The van der Waals surface area contributed by atoms with E-state index in [-0.39, 0.29) is 32.9 Å². The van der Waals surface area contributed by atoms with Gasteiger partial charge in [-0.2, -0.15) is 0 Å². The summed E-state index contributed by atoms with van der Waals surface area (Å²) in [5, 5.41) is 3.54. The number of amides is 1. The van der Waals surface area contributed by atoms with Crippen molar-refractivity contribution >= 4 is 42.9 Å². The SMILES string of the molecule is Cn1c(=O)n(C)c2cc(S(=O)(=O)NC(=O)c3conc3CN)c(Br)cc21. The molecule has 2 heterocycles. The van der Waals surface area contributed by atoms with Crippen LogP contribution < -0.4 is 16.1 Å². The number of imidazole rings is 1. The average Bonchev–Trinajstić information content (AvgIpc) is 3.14. The topological polar surface area (TPSA) is 142 Å². The van der Waals surface area contributed by atoms with Crippen molar-refractivity contribution in [1.82, 2.24) is 19.0 Å². The summed E-state index contributed by atoms with van der Waals surface area (Å²) in [5.41, 5.74) is 6.14. The van der Waals surface area contributed by atoms with Gasteiger partial charge in [0.1, 0.15) is 22.4 Å². The van der Waals surface area contributed by atoms with Crippen LogP contribution in [-0.4, -0.2) is 28.6 Å². The largest absolute Gasteiger partial charge is 0.364 e. The second-order valence-electron chi connectivity index (χ2n) is 5.49. The monoisotopic (exact) mass is 443 g/mol. The van der Waals surface area contributed by atoms with E-state index in [9.17, 15) is 18.0 Å². The van der Waals surface area contributed by atoms with Gasteiger partial charge < -0.3 is 10.3 Å². The summed E-state index contributed by atoms with van der Waals surface area (Å²) in [6.07, 6.45) is 1.02. The molecule has 0 unspecified atom stereocenters. The normalized spacial score (nSPS) is 11.8. The van der Waals surface area contributed by atoms with Gasteiger partial charge in [-0.1, -0.05) is 5.16 Å². The molecule has 3 rings (SSSR count). The Labute approximate surface area is 155 Å². The van der Waals surface area contributed by atoms with Gasteiger partial charge in [0, 0.05) is 25.1 Å². The number of aryl methyl sites for hydroxylation is 2. The number of sulfonamides is 1. The number of hydrogen-bond donors (Lipinski definition) is 2. The van der Waals surface area contributed by atoms with Gasteiger partial charge >= 0.3 is 5.69 Å². The van der Waals surface area contributed by atoms with E-state index in [0.717, 1.165) is 6.26 Å². The summed E-state index contributed by atoms with van der Waals surface area (Å²) in [5.74, 6) is -0.916. The van der Waals surface area contributed by atoms with Gasteiger partial charge in [0.2, 0.25) is 0 Å². The van der Waals surface area contributed by atoms with Crippen LogP contribution in [0.1, 0.15) is 16.1 Å². The zero-order chi connectivity index (χ0) is 19.2. The highest BCUT2D eigenvalue weighted by Crippen LogP contribution is 2.27. The van der Waals surface area contributed by atoms with E-state index in [0.29, 0.717) is 11.0 Å². The lowest BCUT2D eigenvalue weighted by Gasteiger charge is -2.09. The Bertz CT molecular complexity index is 1190. The highest BCUT2D eigenvalue weighted by atomic mass is 79.9. The number of nitrogens with zero attached hydrogens (tertiary/aromatic N) is 3. The third kappa shape index (κ3) is 2.85. The van der Waals surface area contributed by atoms with Crippen molar-refractivity contribution in [3.8, 4) is 0 Å². The first-order valence-electron chi connectivity index (χ1n) is 7.22. The van der Waals surface area contributed by atoms with E-state index < -0.39 is 15.9 Å². The van der Waals surface area contributed by atoms with Crippen molar-refractivity contribution in [1.29, 1.82) is 0 Å². The van der Waals surface area contributed by atoms with E-state index in [4.69, 9.17) is 5.73 Å². The number of hydrogen-bond acceptors (Lipinski definition) is 7. The van der Waals surface area contributed by atoms with Crippen LogP contribution in [0.4, 0.5) is 0 Å². The molecule has 3 aromatic rings. The lowest BCUT2D eigenvalue weighted by atomic mass is 10.2. The van der Waals surface area contributed by atoms with Gasteiger partial charge in [-0.05, 0) is 28.1 Å². The Hall–Kier alpha value is -2.44. The molecule has 0 radical (unpaired) electrons. The number of benzene rings is 1. The molecule has 12 heteroatoms. The van der Waals surface area contributed by atoms with Crippen LogP contribution in [0.25, 0.3) is 11.0 Å². The molecular formula is C14H14BrN5O5S. The van der Waals surface area contributed by atoms with Gasteiger partial charge in [0.05, 0.1) is 11.0 Å². The number of carbonyl (C=O) groups excluding carboxylic acids is 1. The molecule has 0 aliphatic carbocycles. The van der Waals surface area contributed by atoms with Gasteiger partial charge in [-0.3, -0.25) is 13.9 Å². The minimum Gasteiger partial charge on any atom is -0.364 e. The Kier molecular flexibility index (Phi) is 4.50. The Morgan fingerprint density at radius 1 is 1.31 bits per heavy atom. The zero-order valence-electron chi connectivity index (χ0n) is 13.7. The quantitative estimate of drug-likeness (QED) is 0.586. The summed E-state index contributed by atoms with van der Waals surface area (Å²) < 4.78 is 34.8. The van der Waals surface area contributed by atoms with E-state index in [1.807, 2.05) is 4.72 Å². The third-order valence-electron chi connectivity index (χ3n) is 3.92. The van der Waals surface area contributed by atoms with Crippen molar-refractivity contribution in [3.05, 3.63) is 44.6 Å². The maximum Gasteiger partial charge on any atom is 0.328 e. The first-order chi connectivity index (χ1) is 12.2. The predicted molar refractivity (Wildman–Crippen MR) is 94.9 cm³/mol. The molecule has 0 atom stereocenters. The van der Waals surface area contributed by atoms with Crippen molar-refractivity contribution in [2.75, 3.05) is 0 Å². The molecule has 0 bridgehead atoms. The molecule has 0 aliphatic heterocycles. The number of nitrogens with one attached hydrogen (secondary N) is 1. The lowest BCUT2D eigenvalue weighted by molar-refractivity contribution is 0.0980. The van der Waals surface area contributed by atoms with Crippen LogP contribution in [0.5, 0.6) is 0 Å². The van der Waals surface area contributed by atoms with Crippen LogP contribution in [0.15, 0.2) is 37.1 Å². The van der Waals surface area contributed by atoms with E-state index in [2.05, 4.69) is 25.6 Å². The van der Waals surface area contributed by atoms with Crippen LogP contribution in [0.2, 0.25) is 0 Å². The summed E-state index contributed by atoms with van der Waals surface area (Å²) in [4.78, 5) is 24.1. The maximum absolute atomic E-state index is 12.7. The van der Waals surface area contributed by atoms with Crippen LogP contribution in [0.3, 0.4) is 0 Å². The second-order valence-corrected chi connectivity index (χ2v) is 7.99. The third-order valence-corrected chi connectivity index (χ3v) is 6.21. The molecule has 0 spiro atoms. The molecule has 0 saturated carbocycles. The van der Waals surface area contributed by atoms with Gasteiger partial charge in [0.15, 0.2) is 0 Å². The predicted octanol–water partition coefficient (Wildman–Crippen LogP) is 0.205. The van der Waals surface area contributed by atoms with Crippen LogP contribution >= 0.6 is 15.9 Å². The molecule has 1 amide bonds. The molecule has 3 N–H and O–H groups in total. The summed E-state index contributed by atoms with van der Waals surface area (Å²) in [6, 6.07) is 2.81. The fraction of sp³-hybridized carbons (Fsp3) is 0.214. The molecular weight excluding hydrogens is 430 g/mol. The first-order valence-corrected chi connectivity index (χ1v) is 9.50.